The van der Waals surface area contributed by atoms with Crippen LogP contribution in [0.25, 0.3) is 0 Å². The average Bonchev–Trinajstić information content (AvgIpc) is 2.41. The number of nitrogens with zero attached hydrogens (tertiary/aromatic N) is 2. The quantitative estimate of drug-likeness (QED) is 0.844. The summed E-state index contributed by atoms with van der Waals surface area (Å²) in [5.74, 6) is 1.74. The Hall–Kier alpha value is -2.10. The summed E-state index contributed by atoms with van der Waals surface area (Å²) in [5.41, 5.74) is 2.07. The molecule has 0 aliphatic carbocycles. The predicted octanol–water partition coefficient (Wildman–Crippen LogP) is 3.35. The minimum absolute atomic E-state index is 0.842. The van der Waals surface area contributed by atoms with Crippen LogP contribution in [0.3, 0.4) is 0 Å². The van der Waals surface area contributed by atoms with E-state index in [1.54, 1.807) is 6.33 Å². The molecule has 2 rings (SSSR count). The molecule has 0 aliphatic heterocycles. The molecule has 1 aromatic heterocycles. The molecule has 0 unspecified atom stereocenters. The number of rotatable bonds is 5. The highest BCUT2D eigenvalue weighted by atomic mass is 15.1. The average molecular weight is 242 g/mol. The zero-order chi connectivity index (χ0) is 12.8. The number of para-hydroxylation sites is 1. The van der Waals surface area contributed by atoms with E-state index in [4.69, 9.17) is 0 Å². The summed E-state index contributed by atoms with van der Waals surface area (Å²) in [6.45, 7) is 5.07. The SMILES string of the molecule is CCCNc1ncnc(Nc2ccccc2)c1C. The van der Waals surface area contributed by atoms with Crippen LogP contribution in [0.15, 0.2) is 36.7 Å². The Morgan fingerprint density at radius 1 is 1.06 bits per heavy atom. The number of benzene rings is 1. The standard InChI is InChI=1S/C14H18N4/c1-3-9-15-13-11(2)14(17-10-16-13)18-12-7-5-4-6-8-12/h4-8,10H,3,9H2,1-2H3,(H2,15,16,17,18). The van der Waals surface area contributed by atoms with E-state index in [9.17, 15) is 0 Å². The second-order valence-electron chi connectivity index (χ2n) is 4.11. The minimum Gasteiger partial charge on any atom is -0.370 e. The first kappa shape index (κ1) is 12.4. The van der Waals surface area contributed by atoms with Crippen molar-refractivity contribution < 1.29 is 0 Å². The zero-order valence-corrected chi connectivity index (χ0v) is 10.8. The summed E-state index contributed by atoms with van der Waals surface area (Å²) in [6, 6.07) is 10.0. The number of aromatic nitrogens is 2. The minimum atomic E-state index is 0.842. The molecule has 1 heterocycles. The van der Waals surface area contributed by atoms with Crippen LogP contribution in [-0.4, -0.2) is 16.5 Å². The molecule has 0 aliphatic rings. The lowest BCUT2D eigenvalue weighted by atomic mass is 10.2. The highest BCUT2D eigenvalue weighted by Gasteiger charge is 2.06. The van der Waals surface area contributed by atoms with E-state index >= 15 is 0 Å². The fourth-order valence-electron chi connectivity index (χ4n) is 1.66. The molecule has 4 heteroatoms. The molecule has 2 aromatic rings. The largest absolute Gasteiger partial charge is 0.370 e. The summed E-state index contributed by atoms with van der Waals surface area (Å²) in [6.07, 6.45) is 2.65. The second kappa shape index (κ2) is 6.00. The first-order valence-electron chi connectivity index (χ1n) is 6.18. The molecule has 0 amide bonds. The Bertz CT molecular complexity index is 496. The van der Waals surface area contributed by atoms with Gasteiger partial charge < -0.3 is 10.6 Å². The Labute approximate surface area is 107 Å². The van der Waals surface area contributed by atoms with E-state index in [-0.39, 0.29) is 0 Å². The Morgan fingerprint density at radius 3 is 2.50 bits per heavy atom. The molecule has 0 radical (unpaired) electrons. The van der Waals surface area contributed by atoms with Gasteiger partial charge in [-0.1, -0.05) is 25.1 Å². The van der Waals surface area contributed by atoms with E-state index in [2.05, 4.69) is 27.5 Å². The molecule has 2 N–H and O–H groups in total. The summed E-state index contributed by atoms with van der Waals surface area (Å²) >= 11 is 0. The smallest absolute Gasteiger partial charge is 0.138 e. The molecule has 0 saturated carbocycles. The first-order chi connectivity index (χ1) is 8.81. The van der Waals surface area contributed by atoms with E-state index in [1.165, 1.54) is 0 Å². The van der Waals surface area contributed by atoms with Crippen molar-refractivity contribution in [1.29, 1.82) is 0 Å². The van der Waals surface area contributed by atoms with Gasteiger partial charge in [0.1, 0.15) is 18.0 Å². The second-order valence-corrected chi connectivity index (χ2v) is 4.11. The van der Waals surface area contributed by atoms with Crippen molar-refractivity contribution in [1.82, 2.24) is 9.97 Å². The molecule has 0 fully saturated rings. The number of hydrogen-bond acceptors (Lipinski definition) is 4. The lowest BCUT2D eigenvalue weighted by Gasteiger charge is -2.12. The number of nitrogens with one attached hydrogen (secondary N) is 2. The van der Waals surface area contributed by atoms with Crippen LogP contribution < -0.4 is 10.6 Å². The van der Waals surface area contributed by atoms with Crippen molar-refractivity contribution in [2.75, 3.05) is 17.2 Å². The molecular formula is C14H18N4. The molecule has 0 spiro atoms. The van der Waals surface area contributed by atoms with Gasteiger partial charge in [-0.05, 0) is 25.5 Å². The van der Waals surface area contributed by atoms with Crippen molar-refractivity contribution in [2.24, 2.45) is 0 Å². The van der Waals surface area contributed by atoms with Gasteiger partial charge in [0, 0.05) is 17.8 Å². The maximum atomic E-state index is 4.28. The molecule has 1 aromatic carbocycles. The van der Waals surface area contributed by atoms with Crippen LogP contribution in [0.1, 0.15) is 18.9 Å². The fourth-order valence-corrected chi connectivity index (χ4v) is 1.66. The van der Waals surface area contributed by atoms with Gasteiger partial charge in [-0.15, -0.1) is 0 Å². The maximum absolute atomic E-state index is 4.28. The molecule has 0 saturated heterocycles. The van der Waals surface area contributed by atoms with Gasteiger partial charge in [0.2, 0.25) is 0 Å². The molecule has 4 nitrogen and oxygen atoms in total. The number of anilines is 3. The summed E-state index contributed by atoms with van der Waals surface area (Å²) < 4.78 is 0. The van der Waals surface area contributed by atoms with Crippen LogP contribution in [-0.2, 0) is 0 Å². The number of hydrogen-bond donors (Lipinski definition) is 2. The van der Waals surface area contributed by atoms with Crippen molar-refractivity contribution in [3.05, 3.63) is 42.2 Å². The molecule has 18 heavy (non-hydrogen) atoms. The van der Waals surface area contributed by atoms with E-state index in [0.29, 0.717) is 0 Å². The van der Waals surface area contributed by atoms with Crippen molar-refractivity contribution in [3.63, 3.8) is 0 Å². The van der Waals surface area contributed by atoms with Crippen molar-refractivity contribution in [3.8, 4) is 0 Å². The lowest BCUT2D eigenvalue weighted by Crippen LogP contribution is -2.06. The molecule has 0 atom stereocenters. The Balaban J connectivity index is 2.18. The normalized spacial score (nSPS) is 10.1. The molecular weight excluding hydrogens is 224 g/mol. The third-order valence-corrected chi connectivity index (χ3v) is 2.66. The molecule has 94 valence electrons. The summed E-state index contributed by atoms with van der Waals surface area (Å²) in [7, 11) is 0. The van der Waals surface area contributed by atoms with Crippen LogP contribution in [0, 0.1) is 6.92 Å². The first-order valence-corrected chi connectivity index (χ1v) is 6.18. The van der Waals surface area contributed by atoms with Gasteiger partial charge in [0.05, 0.1) is 0 Å². The van der Waals surface area contributed by atoms with Crippen molar-refractivity contribution in [2.45, 2.75) is 20.3 Å². The lowest BCUT2D eigenvalue weighted by molar-refractivity contribution is 0.960. The van der Waals surface area contributed by atoms with Crippen molar-refractivity contribution >= 4 is 17.3 Å². The van der Waals surface area contributed by atoms with Crippen LogP contribution >= 0.6 is 0 Å². The summed E-state index contributed by atoms with van der Waals surface area (Å²) in [4.78, 5) is 8.54. The maximum Gasteiger partial charge on any atom is 0.138 e. The zero-order valence-electron chi connectivity index (χ0n) is 10.8. The highest BCUT2D eigenvalue weighted by molar-refractivity contribution is 5.64. The monoisotopic (exact) mass is 242 g/mol. The van der Waals surface area contributed by atoms with Crippen LogP contribution in [0.5, 0.6) is 0 Å². The Kier molecular flexibility index (Phi) is 4.12. The third kappa shape index (κ3) is 2.97. The van der Waals surface area contributed by atoms with Gasteiger partial charge in [0.15, 0.2) is 0 Å². The van der Waals surface area contributed by atoms with Gasteiger partial charge in [-0.25, -0.2) is 9.97 Å². The van der Waals surface area contributed by atoms with E-state index in [0.717, 1.165) is 35.9 Å². The van der Waals surface area contributed by atoms with Gasteiger partial charge in [-0.3, -0.25) is 0 Å². The van der Waals surface area contributed by atoms with Crippen LogP contribution in [0.4, 0.5) is 17.3 Å². The van der Waals surface area contributed by atoms with Gasteiger partial charge in [0.25, 0.3) is 0 Å². The highest BCUT2D eigenvalue weighted by Crippen LogP contribution is 2.21. The molecule has 0 bridgehead atoms. The van der Waals surface area contributed by atoms with E-state index in [1.807, 2.05) is 37.3 Å². The fraction of sp³-hybridized carbons (Fsp3) is 0.286. The van der Waals surface area contributed by atoms with E-state index < -0.39 is 0 Å². The van der Waals surface area contributed by atoms with Gasteiger partial charge in [-0.2, -0.15) is 0 Å². The topological polar surface area (TPSA) is 49.8 Å². The summed E-state index contributed by atoms with van der Waals surface area (Å²) in [5, 5.41) is 6.60. The Morgan fingerprint density at radius 2 is 1.78 bits per heavy atom. The predicted molar refractivity (Wildman–Crippen MR) is 75.3 cm³/mol. The third-order valence-electron chi connectivity index (χ3n) is 2.66. The van der Waals surface area contributed by atoms with Crippen LogP contribution in [0.2, 0.25) is 0 Å². The van der Waals surface area contributed by atoms with Gasteiger partial charge >= 0.3 is 0 Å².